The molecule has 0 amide bonds. The van der Waals surface area contributed by atoms with Crippen LogP contribution in [0, 0.1) is 6.92 Å². The minimum atomic E-state index is 0.596. The lowest BCUT2D eigenvalue weighted by Crippen LogP contribution is -2.39. The van der Waals surface area contributed by atoms with Crippen LogP contribution in [0.25, 0.3) is 5.69 Å². The average molecular weight is 300 g/mol. The highest BCUT2D eigenvalue weighted by Gasteiger charge is 2.25. The van der Waals surface area contributed by atoms with E-state index < -0.39 is 0 Å². The van der Waals surface area contributed by atoms with Crippen LogP contribution in [0.3, 0.4) is 0 Å². The third kappa shape index (κ3) is 2.97. The van der Waals surface area contributed by atoms with Crippen molar-refractivity contribution in [3.63, 3.8) is 0 Å². The van der Waals surface area contributed by atoms with Crippen LogP contribution in [-0.4, -0.2) is 57.8 Å². The quantitative estimate of drug-likeness (QED) is 0.844. The number of nitrogens with zero attached hydrogens (tertiary/aromatic N) is 6. The number of hydrogen-bond donors (Lipinski definition) is 0. The Bertz CT molecular complexity index is 605. The molecule has 1 aromatic heterocycles. The molecule has 0 N–H and O–H groups in total. The van der Waals surface area contributed by atoms with Crippen LogP contribution in [-0.2, 0) is 0 Å². The van der Waals surface area contributed by atoms with Gasteiger partial charge in [0.1, 0.15) is 0 Å². The first-order valence-corrected chi connectivity index (χ1v) is 7.99. The number of tetrazole rings is 1. The van der Waals surface area contributed by atoms with E-state index in [-0.39, 0.29) is 0 Å². The van der Waals surface area contributed by atoms with Gasteiger partial charge >= 0.3 is 0 Å². The number of anilines is 1. The van der Waals surface area contributed by atoms with Crippen LogP contribution >= 0.6 is 0 Å². The van der Waals surface area contributed by atoms with Crippen molar-refractivity contribution in [1.29, 1.82) is 0 Å². The molecular weight excluding hydrogens is 276 g/mol. The van der Waals surface area contributed by atoms with E-state index in [2.05, 4.69) is 70.5 Å². The number of hydrogen-bond acceptors (Lipinski definition) is 5. The van der Waals surface area contributed by atoms with Gasteiger partial charge in [0, 0.05) is 19.6 Å². The number of aryl methyl sites for hydroxylation is 1. The van der Waals surface area contributed by atoms with E-state index in [1.54, 1.807) is 0 Å². The van der Waals surface area contributed by atoms with Gasteiger partial charge in [0.05, 0.1) is 5.69 Å². The summed E-state index contributed by atoms with van der Waals surface area (Å²) in [4.78, 5) is 4.70. The molecule has 1 atom stereocenters. The molecule has 6 heteroatoms. The van der Waals surface area contributed by atoms with Crippen LogP contribution in [0.1, 0.15) is 25.3 Å². The Morgan fingerprint density at radius 2 is 2.05 bits per heavy atom. The van der Waals surface area contributed by atoms with Crippen LogP contribution in [0.4, 0.5) is 5.95 Å². The van der Waals surface area contributed by atoms with Crippen LogP contribution in [0.5, 0.6) is 0 Å². The smallest absolute Gasteiger partial charge is 0.250 e. The summed E-state index contributed by atoms with van der Waals surface area (Å²) in [6.45, 7) is 7.59. The molecule has 22 heavy (non-hydrogen) atoms. The second-order valence-corrected chi connectivity index (χ2v) is 6.03. The number of likely N-dealkylation sites (tertiary alicyclic amines) is 1. The summed E-state index contributed by atoms with van der Waals surface area (Å²) >= 11 is 0. The predicted molar refractivity (Wildman–Crippen MR) is 87.4 cm³/mol. The third-order valence-electron chi connectivity index (χ3n) is 4.46. The SMILES string of the molecule is CCN1CCCC1CN(C)c1nnnn1-c1ccc(C)cc1. The lowest BCUT2D eigenvalue weighted by Gasteiger charge is -2.27. The summed E-state index contributed by atoms with van der Waals surface area (Å²) in [5.41, 5.74) is 2.23. The van der Waals surface area contributed by atoms with Gasteiger partial charge in [-0.25, -0.2) is 0 Å². The van der Waals surface area contributed by atoms with E-state index in [1.807, 2.05) is 4.68 Å². The summed E-state index contributed by atoms with van der Waals surface area (Å²) in [6.07, 6.45) is 2.54. The van der Waals surface area contributed by atoms with Gasteiger partial charge in [-0.2, -0.15) is 4.68 Å². The van der Waals surface area contributed by atoms with E-state index in [9.17, 15) is 0 Å². The van der Waals surface area contributed by atoms with Crippen molar-refractivity contribution >= 4 is 5.95 Å². The molecule has 1 saturated heterocycles. The molecule has 1 fully saturated rings. The Kier molecular flexibility index (Phi) is 4.38. The average Bonchev–Trinajstić information content (AvgIpc) is 3.16. The molecular formula is C16H24N6. The van der Waals surface area contributed by atoms with E-state index in [4.69, 9.17) is 0 Å². The van der Waals surface area contributed by atoms with Gasteiger partial charge in [0.15, 0.2) is 0 Å². The van der Waals surface area contributed by atoms with Crippen molar-refractivity contribution in [3.8, 4) is 5.69 Å². The Labute approximate surface area is 131 Å². The van der Waals surface area contributed by atoms with Crippen LogP contribution < -0.4 is 4.90 Å². The molecule has 1 unspecified atom stereocenters. The molecule has 0 aliphatic carbocycles. The fourth-order valence-corrected chi connectivity index (χ4v) is 3.19. The summed E-state index contributed by atoms with van der Waals surface area (Å²) in [5, 5.41) is 12.2. The number of likely N-dealkylation sites (N-methyl/N-ethyl adjacent to an activating group) is 2. The number of benzene rings is 1. The van der Waals surface area contributed by atoms with Crippen molar-refractivity contribution in [3.05, 3.63) is 29.8 Å². The standard InChI is InChI=1S/C16H24N6/c1-4-21-11-5-6-15(21)12-20(3)16-17-18-19-22(16)14-9-7-13(2)8-10-14/h7-10,15H,4-6,11-12H2,1-3H3. The zero-order valence-electron chi connectivity index (χ0n) is 13.6. The maximum Gasteiger partial charge on any atom is 0.250 e. The van der Waals surface area contributed by atoms with Gasteiger partial charge < -0.3 is 4.90 Å². The van der Waals surface area contributed by atoms with Crippen LogP contribution in [0.15, 0.2) is 24.3 Å². The summed E-state index contributed by atoms with van der Waals surface area (Å²) < 4.78 is 1.81. The van der Waals surface area contributed by atoms with Crippen molar-refractivity contribution in [2.45, 2.75) is 32.7 Å². The molecule has 3 rings (SSSR count). The first-order valence-electron chi connectivity index (χ1n) is 7.99. The van der Waals surface area contributed by atoms with Gasteiger partial charge in [-0.3, -0.25) is 4.90 Å². The largest absolute Gasteiger partial charge is 0.341 e. The van der Waals surface area contributed by atoms with Crippen molar-refractivity contribution < 1.29 is 0 Å². The molecule has 1 aliphatic rings. The second-order valence-electron chi connectivity index (χ2n) is 6.03. The Balaban J connectivity index is 1.77. The Morgan fingerprint density at radius 1 is 1.27 bits per heavy atom. The first-order chi connectivity index (χ1) is 10.7. The number of rotatable bonds is 5. The lowest BCUT2D eigenvalue weighted by atomic mass is 10.2. The number of aromatic nitrogens is 4. The Hall–Kier alpha value is -1.95. The van der Waals surface area contributed by atoms with Crippen molar-refractivity contribution in [2.24, 2.45) is 0 Å². The van der Waals surface area contributed by atoms with Gasteiger partial charge in [0.25, 0.3) is 0 Å². The van der Waals surface area contributed by atoms with E-state index in [0.29, 0.717) is 6.04 Å². The zero-order chi connectivity index (χ0) is 15.5. The van der Waals surface area contributed by atoms with Gasteiger partial charge in [-0.15, -0.1) is 0 Å². The van der Waals surface area contributed by atoms with E-state index >= 15 is 0 Å². The molecule has 0 radical (unpaired) electrons. The fourth-order valence-electron chi connectivity index (χ4n) is 3.19. The topological polar surface area (TPSA) is 50.1 Å². The van der Waals surface area contributed by atoms with Gasteiger partial charge in [-0.1, -0.05) is 29.7 Å². The van der Waals surface area contributed by atoms with Crippen LogP contribution in [0.2, 0.25) is 0 Å². The van der Waals surface area contributed by atoms with Gasteiger partial charge in [0.2, 0.25) is 5.95 Å². The second kappa shape index (κ2) is 6.44. The molecule has 0 bridgehead atoms. The van der Waals surface area contributed by atoms with E-state index in [0.717, 1.165) is 24.7 Å². The maximum absolute atomic E-state index is 4.22. The molecule has 0 spiro atoms. The lowest BCUT2D eigenvalue weighted by molar-refractivity contribution is 0.270. The zero-order valence-corrected chi connectivity index (χ0v) is 13.6. The predicted octanol–water partition coefficient (Wildman–Crippen LogP) is 1.89. The van der Waals surface area contributed by atoms with Gasteiger partial charge in [-0.05, 0) is 55.4 Å². The minimum Gasteiger partial charge on any atom is -0.341 e. The third-order valence-corrected chi connectivity index (χ3v) is 4.46. The molecule has 6 nitrogen and oxygen atoms in total. The monoisotopic (exact) mass is 300 g/mol. The van der Waals surface area contributed by atoms with Crippen molar-refractivity contribution in [1.82, 2.24) is 25.1 Å². The fraction of sp³-hybridized carbons (Fsp3) is 0.562. The Morgan fingerprint density at radius 3 is 2.77 bits per heavy atom. The maximum atomic E-state index is 4.22. The summed E-state index contributed by atoms with van der Waals surface area (Å²) in [5.74, 6) is 0.798. The molecule has 0 saturated carbocycles. The summed E-state index contributed by atoms with van der Waals surface area (Å²) in [7, 11) is 2.07. The highest BCUT2D eigenvalue weighted by Crippen LogP contribution is 2.20. The van der Waals surface area contributed by atoms with Crippen molar-refractivity contribution in [2.75, 3.05) is 31.6 Å². The van der Waals surface area contributed by atoms with E-state index in [1.165, 1.54) is 24.9 Å². The normalized spacial score (nSPS) is 18.8. The molecule has 1 aromatic carbocycles. The molecule has 2 aromatic rings. The highest BCUT2D eigenvalue weighted by atomic mass is 15.6. The first kappa shape index (κ1) is 15.0. The summed E-state index contributed by atoms with van der Waals surface area (Å²) in [6, 6.07) is 8.86. The molecule has 1 aliphatic heterocycles. The molecule has 118 valence electrons. The highest BCUT2D eigenvalue weighted by molar-refractivity contribution is 5.41. The molecule has 2 heterocycles. The minimum absolute atomic E-state index is 0.596.